The summed E-state index contributed by atoms with van der Waals surface area (Å²) in [6.07, 6.45) is 1.63. The van der Waals surface area contributed by atoms with E-state index in [2.05, 4.69) is 66.1 Å². The predicted octanol–water partition coefficient (Wildman–Crippen LogP) is 6.73. The molecule has 0 fully saturated rings. The number of nitrogens with zero attached hydrogens (tertiary/aromatic N) is 1. The van der Waals surface area contributed by atoms with Crippen LogP contribution in [0, 0.1) is 13.0 Å². The number of benzene rings is 3. The molecule has 0 saturated carbocycles. The molecule has 1 aliphatic heterocycles. The highest BCUT2D eigenvalue weighted by Gasteiger charge is 2.25. The summed E-state index contributed by atoms with van der Waals surface area (Å²) < 4.78 is 33.3. The molecule has 9 heteroatoms. The molecule has 0 atom stereocenters. The molecule has 33 heavy (non-hydrogen) atoms. The van der Waals surface area contributed by atoms with Gasteiger partial charge in [0.2, 0.25) is 5.90 Å². The minimum absolute atomic E-state index is 0.0605. The number of ether oxygens (including phenoxy) is 3. The predicted molar refractivity (Wildman–Crippen MR) is 144 cm³/mol. The quantitative estimate of drug-likeness (QED) is 0.160. The number of carbonyl (C=O) groups is 1. The zero-order valence-corrected chi connectivity index (χ0v) is 23.0. The first-order valence-corrected chi connectivity index (χ1v) is 12.5. The second-order valence-electron chi connectivity index (χ2n) is 6.88. The first kappa shape index (κ1) is 24.1. The third-order valence-corrected chi connectivity index (χ3v) is 7.81. The summed E-state index contributed by atoms with van der Waals surface area (Å²) in [6, 6.07) is 15.6. The van der Waals surface area contributed by atoms with Crippen molar-refractivity contribution in [2.24, 2.45) is 4.99 Å². The molecular formula is C24H15BrFI2NO4. The first-order valence-electron chi connectivity index (χ1n) is 9.57. The SMILES string of the molecule is COc1cc(/C=C2\N=C(c3ccc(I)c(Br)c3)OC2=O)cc(I)c1OCc1ccccc1F. The lowest BCUT2D eigenvalue weighted by Crippen LogP contribution is -2.05. The van der Waals surface area contributed by atoms with Gasteiger partial charge in [-0.2, -0.15) is 0 Å². The molecule has 0 aliphatic carbocycles. The number of carbonyl (C=O) groups excluding carboxylic acids is 1. The normalized spacial score (nSPS) is 14.3. The van der Waals surface area contributed by atoms with Gasteiger partial charge in [0.05, 0.1) is 10.7 Å². The second-order valence-corrected chi connectivity index (χ2v) is 10.1. The lowest BCUT2D eigenvalue weighted by Gasteiger charge is -2.14. The molecule has 3 aromatic rings. The Morgan fingerprint density at radius 3 is 2.64 bits per heavy atom. The van der Waals surface area contributed by atoms with Gasteiger partial charge in [-0.1, -0.05) is 18.2 Å². The van der Waals surface area contributed by atoms with Crippen LogP contribution in [0.1, 0.15) is 16.7 Å². The van der Waals surface area contributed by atoms with Crippen molar-refractivity contribution in [3.05, 3.63) is 94.4 Å². The largest absolute Gasteiger partial charge is 0.493 e. The van der Waals surface area contributed by atoms with E-state index in [0.717, 1.165) is 11.6 Å². The van der Waals surface area contributed by atoms with Crippen molar-refractivity contribution in [3.63, 3.8) is 0 Å². The van der Waals surface area contributed by atoms with E-state index in [1.807, 2.05) is 24.3 Å². The van der Waals surface area contributed by atoms with Gasteiger partial charge >= 0.3 is 5.97 Å². The number of methoxy groups -OCH3 is 1. The highest BCUT2D eigenvalue weighted by molar-refractivity contribution is 14.1. The van der Waals surface area contributed by atoms with Gasteiger partial charge in [-0.15, -0.1) is 0 Å². The van der Waals surface area contributed by atoms with E-state index in [0.29, 0.717) is 28.2 Å². The molecule has 5 nitrogen and oxygen atoms in total. The maximum absolute atomic E-state index is 13.9. The molecule has 0 aromatic heterocycles. The minimum Gasteiger partial charge on any atom is -0.493 e. The fourth-order valence-electron chi connectivity index (χ4n) is 3.05. The van der Waals surface area contributed by atoms with E-state index in [-0.39, 0.29) is 24.0 Å². The molecular weight excluding hydrogens is 719 g/mol. The van der Waals surface area contributed by atoms with Crippen LogP contribution in [0.25, 0.3) is 6.08 Å². The molecule has 1 heterocycles. The molecule has 4 rings (SSSR count). The van der Waals surface area contributed by atoms with Crippen LogP contribution >= 0.6 is 61.1 Å². The number of rotatable bonds is 6. The van der Waals surface area contributed by atoms with Crippen LogP contribution in [0.15, 0.2) is 69.8 Å². The molecule has 0 bridgehead atoms. The van der Waals surface area contributed by atoms with Gasteiger partial charge in [0.25, 0.3) is 0 Å². The van der Waals surface area contributed by atoms with Crippen molar-refractivity contribution in [1.82, 2.24) is 0 Å². The Balaban J connectivity index is 1.60. The average Bonchev–Trinajstić information content (AvgIpc) is 3.15. The summed E-state index contributed by atoms with van der Waals surface area (Å²) in [5, 5.41) is 0. The number of halogens is 4. The van der Waals surface area contributed by atoms with Crippen LogP contribution < -0.4 is 9.47 Å². The summed E-state index contributed by atoms with van der Waals surface area (Å²) in [7, 11) is 1.52. The van der Waals surface area contributed by atoms with E-state index < -0.39 is 5.97 Å². The number of esters is 1. The zero-order chi connectivity index (χ0) is 23.5. The topological polar surface area (TPSA) is 57.1 Å². The minimum atomic E-state index is -0.534. The van der Waals surface area contributed by atoms with Crippen LogP contribution in [-0.4, -0.2) is 19.0 Å². The molecule has 0 unspecified atom stereocenters. The van der Waals surface area contributed by atoms with E-state index in [4.69, 9.17) is 14.2 Å². The Morgan fingerprint density at radius 1 is 1.12 bits per heavy atom. The van der Waals surface area contributed by atoms with Gasteiger partial charge in [0, 0.05) is 19.2 Å². The van der Waals surface area contributed by atoms with E-state index in [1.165, 1.54) is 13.2 Å². The van der Waals surface area contributed by atoms with Gasteiger partial charge < -0.3 is 14.2 Å². The Morgan fingerprint density at radius 2 is 1.91 bits per heavy atom. The number of cyclic esters (lactones) is 1. The Kier molecular flexibility index (Phi) is 7.69. The molecule has 168 valence electrons. The lowest BCUT2D eigenvalue weighted by atomic mass is 10.1. The van der Waals surface area contributed by atoms with Crippen LogP contribution in [-0.2, 0) is 16.1 Å². The third kappa shape index (κ3) is 5.57. The molecule has 0 spiro atoms. The first-order chi connectivity index (χ1) is 15.9. The fourth-order valence-corrected chi connectivity index (χ4v) is 4.54. The molecule has 0 N–H and O–H groups in total. The summed E-state index contributed by atoms with van der Waals surface area (Å²) in [5.74, 6) is 0.331. The molecule has 3 aromatic carbocycles. The Bertz CT molecular complexity index is 1310. The van der Waals surface area contributed by atoms with Gasteiger partial charge in [-0.05, 0) is 109 Å². The second kappa shape index (κ2) is 10.5. The van der Waals surface area contributed by atoms with E-state index in [9.17, 15) is 9.18 Å². The summed E-state index contributed by atoms with van der Waals surface area (Å²) in [6.45, 7) is 0.0605. The zero-order valence-electron chi connectivity index (χ0n) is 17.1. The van der Waals surface area contributed by atoms with Crippen LogP contribution in [0.3, 0.4) is 0 Å². The highest BCUT2D eigenvalue weighted by atomic mass is 127. The number of aliphatic imine (C=N–C) groups is 1. The standard InChI is InChI=1S/C24H15BrFI2NO4/c1-31-21-10-13(8-19(28)22(21)32-12-15-4-2-3-5-17(15)26)9-20-24(30)33-23(29-20)14-6-7-18(27)16(25)11-14/h2-11H,12H2,1H3/b20-9-. The van der Waals surface area contributed by atoms with E-state index >= 15 is 0 Å². The third-order valence-electron chi connectivity index (χ3n) is 4.67. The molecule has 0 amide bonds. The smallest absolute Gasteiger partial charge is 0.363 e. The van der Waals surface area contributed by atoms with Crippen molar-refractivity contribution in [2.45, 2.75) is 6.61 Å². The van der Waals surface area contributed by atoms with Crippen LogP contribution in [0.4, 0.5) is 4.39 Å². The van der Waals surface area contributed by atoms with Gasteiger partial charge in [0.15, 0.2) is 17.2 Å². The van der Waals surface area contributed by atoms with Crippen molar-refractivity contribution in [3.8, 4) is 11.5 Å². The number of hydrogen-bond acceptors (Lipinski definition) is 5. The van der Waals surface area contributed by atoms with Gasteiger partial charge in [0.1, 0.15) is 12.4 Å². The van der Waals surface area contributed by atoms with Crippen molar-refractivity contribution in [1.29, 1.82) is 0 Å². The van der Waals surface area contributed by atoms with Gasteiger partial charge in [-0.3, -0.25) is 0 Å². The Labute approximate surface area is 225 Å². The van der Waals surface area contributed by atoms with Crippen LogP contribution in [0.2, 0.25) is 0 Å². The average molecular weight is 734 g/mol. The number of hydrogen-bond donors (Lipinski definition) is 0. The Hall–Kier alpha value is -1.99. The molecule has 0 saturated heterocycles. The lowest BCUT2D eigenvalue weighted by molar-refractivity contribution is -0.129. The molecule has 0 radical (unpaired) electrons. The van der Waals surface area contributed by atoms with Crippen molar-refractivity contribution < 1.29 is 23.4 Å². The van der Waals surface area contributed by atoms with Crippen LogP contribution in [0.5, 0.6) is 11.5 Å². The summed E-state index contributed by atoms with van der Waals surface area (Å²) >= 11 is 7.79. The fraction of sp³-hybridized carbons (Fsp3) is 0.0833. The van der Waals surface area contributed by atoms with Gasteiger partial charge in [-0.25, -0.2) is 14.2 Å². The summed E-state index contributed by atoms with van der Waals surface area (Å²) in [4.78, 5) is 16.8. The maximum atomic E-state index is 13.9. The monoisotopic (exact) mass is 733 g/mol. The molecule has 1 aliphatic rings. The highest BCUT2D eigenvalue weighted by Crippen LogP contribution is 2.36. The van der Waals surface area contributed by atoms with Crippen molar-refractivity contribution in [2.75, 3.05) is 7.11 Å². The summed E-state index contributed by atoms with van der Waals surface area (Å²) in [5.41, 5.74) is 2.01. The van der Waals surface area contributed by atoms with E-state index in [1.54, 1.807) is 30.3 Å². The van der Waals surface area contributed by atoms with Crippen molar-refractivity contribution >= 4 is 79.1 Å². The maximum Gasteiger partial charge on any atom is 0.363 e.